The first-order valence-electron chi connectivity index (χ1n) is 4.32. The first-order chi connectivity index (χ1) is 6.81. The molecule has 0 unspecified atom stereocenters. The zero-order chi connectivity index (χ0) is 9.97. The van der Waals surface area contributed by atoms with E-state index in [1.807, 2.05) is 24.6 Å². The average molecular weight is 202 g/mol. The predicted octanol–water partition coefficient (Wildman–Crippen LogP) is 3.36. The smallest absolute Gasteiger partial charge is 0.0818 e. The van der Waals surface area contributed by atoms with E-state index in [-0.39, 0.29) is 0 Å². The molecule has 0 fully saturated rings. The number of fused-ring (bicyclic) bond motifs is 1. The Balaban J connectivity index is 2.48. The highest BCUT2D eigenvalue weighted by Gasteiger charge is 2.00. The van der Waals surface area contributed by atoms with Gasteiger partial charge in [-0.2, -0.15) is 0 Å². The highest BCUT2D eigenvalue weighted by Crippen LogP contribution is 2.22. The second-order valence-electron chi connectivity index (χ2n) is 2.87. The van der Waals surface area contributed by atoms with Crippen molar-refractivity contribution in [2.75, 3.05) is 0 Å². The van der Waals surface area contributed by atoms with Crippen molar-refractivity contribution in [3.63, 3.8) is 0 Å². The van der Waals surface area contributed by atoms with Gasteiger partial charge in [0.1, 0.15) is 0 Å². The van der Waals surface area contributed by atoms with E-state index in [1.165, 1.54) is 4.70 Å². The summed E-state index contributed by atoms with van der Waals surface area (Å²) in [6.07, 6.45) is 1.74. The quantitative estimate of drug-likeness (QED) is 0.685. The lowest BCUT2D eigenvalue weighted by molar-refractivity contribution is 1.48. The van der Waals surface area contributed by atoms with Crippen molar-refractivity contribution in [1.82, 2.24) is 4.98 Å². The third-order valence-electron chi connectivity index (χ3n) is 1.95. The molecule has 3 heteroatoms. The normalized spacial score (nSPS) is 11.2. The molecule has 1 aromatic carbocycles. The maximum atomic E-state index is 4.25. The number of aliphatic imine (C=N–C) groups is 1. The number of rotatable bonds is 2. The lowest BCUT2D eigenvalue weighted by Crippen LogP contribution is -1.79. The molecule has 0 aliphatic carbocycles. The molecule has 0 atom stereocenters. The van der Waals surface area contributed by atoms with Crippen LogP contribution in [-0.2, 0) is 0 Å². The molecule has 2 aromatic rings. The Morgan fingerprint density at radius 3 is 3.21 bits per heavy atom. The van der Waals surface area contributed by atoms with Gasteiger partial charge >= 0.3 is 0 Å². The van der Waals surface area contributed by atoms with E-state index >= 15 is 0 Å². The van der Waals surface area contributed by atoms with Crippen LogP contribution in [0.1, 0.15) is 12.5 Å². The van der Waals surface area contributed by atoms with Gasteiger partial charge in [0.2, 0.25) is 0 Å². The van der Waals surface area contributed by atoms with Crippen molar-refractivity contribution >= 4 is 33.5 Å². The molecule has 0 spiro atoms. The van der Waals surface area contributed by atoms with Crippen molar-refractivity contribution in [2.45, 2.75) is 6.92 Å². The summed E-state index contributed by atoms with van der Waals surface area (Å²) < 4.78 is 1.20. The molecule has 0 aliphatic rings. The first kappa shape index (κ1) is 9.09. The Morgan fingerprint density at radius 1 is 1.57 bits per heavy atom. The summed E-state index contributed by atoms with van der Waals surface area (Å²) in [5, 5.41) is 0. The van der Waals surface area contributed by atoms with E-state index in [2.05, 4.69) is 22.6 Å². The van der Waals surface area contributed by atoms with Crippen LogP contribution in [0.25, 0.3) is 15.9 Å². The molecule has 0 aliphatic heterocycles. The molecule has 0 bridgehead atoms. The summed E-state index contributed by atoms with van der Waals surface area (Å²) in [5.41, 5.74) is 4.67. The van der Waals surface area contributed by atoms with E-state index in [0.29, 0.717) is 0 Å². The Bertz CT molecular complexity index is 497. The monoisotopic (exact) mass is 202 g/mol. The van der Waals surface area contributed by atoms with Crippen LogP contribution in [0.2, 0.25) is 0 Å². The molecule has 2 rings (SSSR count). The Morgan fingerprint density at radius 2 is 2.43 bits per heavy atom. The molecule has 0 N–H and O–H groups in total. The minimum Gasteiger partial charge on any atom is -0.262 e. The summed E-state index contributed by atoms with van der Waals surface area (Å²) >= 11 is 1.64. The third-order valence-corrected chi connectivity index (χ3v) is 2.76. The zero-order valence-electron chi connectivity index (χ0n) is 7.90. The van der Waals surface area contributed by atoms with Crippen molar-refractivity contribution in [3.8, 4) is 0 Å². The average Bonchev–Trinajstić information content (AvgIpc) is 2.64. The van der Waals surface area contributed by atoms with Gasteiger partial charge in [0, 0.05) is 11.8 Å². The van der Waals surface area contributed by atoms with E-state index in [0.717, 1.165) is 16.8 Å². The Kier molecular flexibility index (Phi) is 2.41. The summed E-state index contributed by atoms with van der Waals surface area (Å²) in [4.78, 5) is 8.39. The standard InChI is InChI=1S/C11H10N2S/c1-3-12-8(2)9-4-5-11-10(6-9)13-7-14-11/h3-7H,2H2,1H3. The third kappa shape index (κ3) is 1.59. The summed E-state index contributed by atoms with van der Waals surface area (Å²) in [5.74, 6) is 0. The predicted molar refractivity (Wildman–Crippen MR) is 62.8 cm³/mol. The number of hydrogen-bond acceptors (Lipinski definition) is 3. The molecule has 14 heavy (non-hydrogen) atoms. The minimum absolute atomic E-state index is 0.780. The van der Waals surface area contributed by atoms with Crippen LogP contribution >= 0.6 is 11.3 Å². The molecular weight excluding hydrogens is 192 g/mol. The van der Waals surface area contributed by atoms with Gasteiger partial charge in [-0.05, 0) is 19.1 Å². The van der Waals surface area contributed by atoms with Crippen molar-refractivity contribution in [3.05, 3.63) is 35.9 Å². The number of benzene rings is 1. The van der Waals surface area contributed by atoms with Crippen molar-refractivity contribution in [2.24, 2.45) is 4.99 Å². The summed E-state index contributed by atoms with van der Waals surface area (Å²) in [6.45, 7) is 5.77. The van der Waals surface area contributed by atoms with Crippen LogP contribution < -0.4 is 0 Å². The summed E-state index contributed by atoms with van der Waals surface area (Å²) in [6, 6.07) is 6.09. The molecule has 70 valence electrons. The van der Waals surface area contributed by atoms with Crippen LogP contribution in [0.3, 0.4) is 0 Å². The molecule has 2 nitrogen and oxygen atoms in total. The van der Waals surface area contributed by atoms with E-state index < -0.39 is 0 Å². The lowest BCUT2D eigenvalue weighted by Gasteiger charge is -1.98. The fourth-order valence-corrected chi connectivity index (χ4v) is 1.93. The molecule has 0 amide bonds. The van der Waals surface area contributed by atoms with E-state index in [4.69, 9.17) is 0 Å². The van der Waals surface area contributed by atoms with Gasteiger partial charge in [-0.3, -0.25) is 4.99 Å². The zero-order valence-corrected chi connectivity index (χ0v) is 8.71. The summed E-state index contributed by atoms with van der Waals surface area (Å²) in [7, 11) is 0. The van der Waals surface area contributed by atoms with Crippen LogP contribution in [0.4, 0.5) is 0 Å². The Labute approximate surface area is 86.6 Å². The number of aromatic nitrogens is 1. The topological polar surface area (TPSA) is 25.2 Å². The first-order valence-corrected chi connectivity index (χ1v) is 5.20. The van der Waals surface area contributed by atoms with Crippen LogP contribution in [-0.4, -0.2) is 11.2 Å². The number of thiazole rings is 1. The van der Waals surface area contributed by atoms with Crippen LogP contribution in [0, 0.1) is 0 Å². The van der Waals surface area contributed by atoms with Gasteiger partial charge in [-0.15, -0.1) is 11.3 Å². The maximum Gasteiger partial charge on any atom is 0.0818 e. The molecule has 0 saturated carbocycles. The highest BCUT2D eigenvalue weighted by atomic mass is 32.1. The van der Waals surface area contributed by atoms with Crippen LogP contribution in [0.5, 0.6) is 0 Å². The molecule has 1 aromatic heterocycles. The SMILES string of the molecule is C=C(N=CC)c1ccc2scnc2c1. The largest absolute Gasteiger partial charge is 0.262 e. The highest BCUT2D eigenvalue weighted by molar-refractivity contribution is 7.16. The minimum atomic E-state index is 0.780. The van der Waals surface area contributed by atoms with Gasteiger partial charge in [0.15, 0.2) is 0 Å². The molecule has 1 heterocycles. The molecular formula is C11H10N2S. The van der Waals surface area contributed by atoms with Crippen molar-refractivity contribution < 1.29 is 0 Å². The second kappa shape index (κ2) is 3.72. The van der Waals surface area contributed by atoms with Crippen LogP contribution in [0.15, 0.2) is 35.3 Å². The fourth-order valence-electron chi connectivity index (χ4n) is 1.27. The van der Waals surface area contributed by atoms with Gasteiger partial charge < -0.3 is 0 Å². The van der Waals surface area contributed by atoms with E-state index in [9.17, 15) is 0 Å². The van der Waals surface area contributed by atoms with Gasteiger partial charge in [0.25, 0.3) is 0 Å². The maximum absolute atomic E-state index is 4.25. The number of hydrogen-bond donors (Lipinski definition) is 0. The fraction of sp³-hybridized carbons (Fsp3) is 0.0909. The van der Waals surface area contributed by atoms with E-state index in [1.54, 1.807) is 17.6 Å². The lowest BCUT2D eigenvalue weighted by atomic mass is 10.2. The van der Waals surface area contributed by atoms with Gasteiger partial charge in [-0.25, -0.2) is 4.98 Å². The van der Waals surface area contributed by atoms with Gasteiger partial charge in [-0.1, -0.05) is 12.6 Å². The molecule has 0 saturated heterocycles. The molecule has 0 radical (unpaired) electrons. The van der Waals surface area contributed by atoms with Gasteiger partial charge in [0.05, 0.1) is 21.4 Å². The number of nitrogens with zero attached hydrogens (tertiary/aromatic N) is 2. The Hall–Kier alpha value is -1.48. The van der Waals surface area contributed by atoms with Crippen molar-refractivity contribution in [1.29, 1.82) is 0 Å². The second-order valence-corrected chi connectivity index (χ2v) is 3.76.